The van der Waals surface area contributed by atoms with Crippen molar-refractivity contribution in [3.63, 3.8) is 0 Å². The molecule has 0 unspecified atom stereocenters. The Balaban J connectivity index is 1.62. The van der Waals surface area contributed by atoms with E-state index in [0.717, 1.165) is 49.1 Å². The Morgan fingerprint density at radius 2 is 2.24 bits per heavy atom. The van der Waals surface area contributed by atoms with Gasteiger partial charge in [-0.25, -0.2) is 0 Å². The number of nitrogens with zero attached hydrogens (tertiary/aromatic N) is 2. The average Bonchev–Trinajstić information content (AvgIpc) is 3.25. The zero-order valence-corrected chi connectivity index (χ0v) is 12.2. The summed E-state index contributed by atoms with van der Waals surface area (Å²) in [5.74, 6) is 0.756. The minimum atomic E-state index is 0.0538. The van der Waals surface area contributed by atoms with Crippen molar-refractivity contribution in [1.82, 2.24) is 4.90 Å². The summed E-state index contributed by atoms with van der Waals surface area (Å²) in [6, 6.07) is 6.09. The third-order valence-electron chi connectivity index (χ3n) is 4.15. The van der Waals surface area contributed by atoms with Crippen LogP contribution in [0.3, 0.4) is 0 Å². The van der Waals surface area contributed by atoms with Crippen molar-refractivity contribution >= 4 is 11.6 Å². The van der Waals surface area contributed by atoms with Gasteiger partial charge in [0.25, 0.3) is 5.91 Å². The highest BCUT2D eigenvalue weighted by molar-refractivity contribution is 6.04. The van der Waals surface area contributed by atoms with Gasteiger partial charge in [0.15, 0.2) is 6.61 Å². The van der Waals surface area contributed by atoms with E-state index in [1.165, 1.54) is 0 Å². The molecule has 1 saturated carbocycles. The van der Waals surface area contributed by atoms with E-state index in [2.05, 4.69) is 5.16 Å². The van der Waals surface area contributed by atoms with Crippen molar-refractivity contribution in [3.8, 4) is 5.75 Å². The van der Waals surface area contributed by atoms with Gasteiger partial charge in [-0.3, -0.25) is 4.79 Å². The average molecular weight is 288 g/mol. The number of aryl methyl sites for hydroxylation is 1. The molecule has 1 aromatic rings. The molecule has 3 rings (SSSR count). The summed E-state index contributed by atoms with van der Waals surface area (Å²) in [6.45, 7) is 2.83. The van der Waals surface area contributed by atoms with Crippen molar-refractivity contribution in [2.75, 3.05) is 13.2 Å². The van der Waals surface area contributed by atoms with Gasteiger partial charge in [-0.15, -0.1) is 0 Å². The first-order chi connectivity index (χ1) is 10.2. The fourth-order valence-electron chi connectivity index (χ4n) is 2.89. The van der Waals surface area contributed by atoms with E-state index in [1.807, 2.05) is 30.0 Å². The van der Waals surface area contributed by atoms with Crippen LogP contribution in [-0.4, -0.2) is 40.9 Å². The normalized spacial score (nSPS) is 18.6. The van der Waals surface area contributed by atoms with Gasteiger partial charge in [0.1, 0.15) is 5.75 Å². The van der Waals surface area contributed by atoms with Crippen molar-refractivity contribution < 1.29 is 14.7 Å². The molecular formula is C16H20N2O3. The monoisotopic (exact) mass is 288 g/mol. The molecular weight excluding hydrogens is 268 g/mol. The zero-order valence-electron chi connectivity index (χ0n) is 12.2. The Hall–Kier alpha value is -2.04. The van der Waals surface area contributed by atoms with E-state index in [4.69, 9.17) is 9.94 Å². The van der Waals surface area contributed by atoms with E-state index in [1.54, 1.807) is 0 Å². The smallest absolute Gasteiger partial charge is 0.260 e. The van der Waals surface area contributed by atoms with Gasteiger partial charge in [-0.05, 0) is 56.4 Å². The predicted molar refractivity (Wildman–Crippen MR) is 79.0 cm³/mol. The van der Waals surface area contributed by atoms with Crippen LogP contribution in [0.4, 0.5) is 0 Å². The number of carbonyl (C=O) groups is 1. The molecule has 1 amide bonds. The standard InChI is InChI=1S/C16H20N2O3/c1-2-18(12-4-5-12)16(19)10-21-13-6-7-14-11(9-13)3-8-15(14)17-20/h6-7,9,12,20H,2-5,8,10H2,1H3/b17-15+. The van der Waals surface area contributed by atoms with E-state index in [0.29, 0.717) is 11.8 Å². The summed E-state index contributed by atoms with van der Waals surface area (Å²) in [7, 11) is 0. The Morgan fingerprint density at radius 1 is 1.43 bits per heavy atom. The summed E-state index contributed by atoms with van der Waals surface area (Å²) >= 11 is 0. The Kier molecular flexibility index (Phi) is 3.82. The lowest BCUT2D eigenvalue weighted by Gasteiger charge is -2.20. The SMILES string of the molecule is CCN(C(=O)COc1ccc2c(c1)CC/C2=N\O)C1CC1. The van der Waals surface area contributed by atoms with Gasteiger partial charge in [0, 0.05) is 18.2 Å². The maximum Gasteiger partial charge on any atom is 0.260 e. The second-order valence-electron chi connectivity index (χ2n) is 5.57. The molecule has 5 nitrogen and oxygen atoms in total. The number of hydrogen-bond acceptors (Lipinski definition) is 4. The highest BCUT2D eigenvalue weighted by Gasteiger charge is 2.31. The molecule has 5 heteroatoms. The molecule has 1 fully saturated rings. The number of benzene rings is 1. The largest absolute Gasteiger partial charge is 0.484 e. The minimum absolute atomic E-state index is 0.0538. The first-order valence-electron chi connectivity index (χ1n) is 7.49. The van der Waals surface area contributed by atoms with Crippen LogP contribution < -0.4 is 4.74 Å². The van der Waals surface area contributed by atoms with Gasteiger partial charge in [-0.1, -0.05) is 5.16 Å². The Bertz CT molecular complexity index is 579. The summed E-state index contributed by atoms with van der Waals surface area (Å²) in [4.78, 5) is 14.0. The number of amides is 1. The Labute approximate surface area is 124 Å². The van der Waals surface area contributed by atoms with Crippen molar-refractivity contribution in [3.05, 3.63) is 29.3 Å². The van der Waals surface area contributed by atoms with Gasteiger partial charge < -0.3 is 14.8 Å². The van der Waals surface area contributed by atoms with Crippen LogP contribution in [0.5, 0.6) is 5.75 Å². The number of rotatable bonds is 5. The predicted octanol–water partition coefficient (Wildman–Crippen LogP) is 2.20. The molecule has 0 aromatic heterocycles. The van der Waals surface area contributed by atoms with Crippen molar-refractivity contribution in [2.24, 2.45) is 5.16 Å². The highest BCUT2D eigenvalue weighted by atomic mass is 16.5. The number of ether oxygens (including phenoxy) is 1. The third kappa shape index (κ3) is 2.86. The van der Waals surface area contributed by atoms with Crippen LogP contribution in [0.25, 0.3) is 0 Å². The number of oxime groups is 1. The van der Waals surface area contributed by atoms with E-state index in [-0.39, 0.29) is 12.5 Å². The molecule has 2 aliphatic carbocycles. The van der Waals surface area contributed by atoms with Crippen LogP contribution in [0, 0.1) is 0 Å². The molecule has 1 N–H and O–H groups in total. The van der Waals surface area contributed by atoms with Crippen LogP contribution in [-0.2, 0) is 11.2 Å². The molecule has 0 bridgehead atoms. The molecule has 2 aliphatic rings. The molecule has 112 valence electrons. The minimum Gasteiger partial charge on any atom is -0.484 e. The first kappa shape index (κ1) is 13.9. The summed E-state index contributed by atoms with van der Waals surface area (Å²) in [6.07, 6.45) is 3.83. The van der Waals surface area contributed by atoms with Crippen LogP contribution in [0.15, 0.2) is 23.4 Å². The summed E-state index contributed by atoms with van der Waals surface area (Å²) in [5, 5.41) is 12.2. The lowest BCUT2D eigenvalue weighted by molar-refractivity contribution is -0.133. The second kappa shape index (κ2) is 5.76. The number of carbonyl (C=O) groups excluding carboxylic acids is 1. The van der Waals surface area contributed by atoms with Gasteiger partial charge in [-0.2, -0.15) is 0 Å². The van der Waals surface area contributed by atoms with E-state index >= 15 is 0 Å². The third-order valence-corrected chi connectivity index (χ3v) is 4.15. The number of hydrogen-bond donors (Lipinski definition) is 1. The maximum atomic E-state index is 12.1. The van der Waals surface area contributed by atoms with Gasteiger partial charge in [0.2, 0.25) is 0 Å². The second-order valence-corrected chi connectivity index (χ2v) is 5.57. The van der Waals surface area contributed by atoms with Gasteiger partial charge in [0.05, 0.1) is 5.71 Å². The van der Waals surface area contributed by atoms with Crippen LogP contribution in [0.1, 0.15) is 37.3 Å². The van der Waals surface area contributed by atoms with Crippen molar-refractivity contribution in [1.29, 1.82) is 0 Å². The summed E-state index contributed by atoms with van der Waals surface area (Å²) in [5.41, 5.74) is 2.81. The topological polar surface area (TPSA) is 62.1 Å². The van der Waals surface area contributed by atoms with E-state index < -0.39 is 0 Å². The molecule has 0 atom stereocenters. The first-order valence-corrected chi connectivity index (χ1v) is 7.49. The fourth-order valence-corrected chi connectivity index (χ4v) is 2.89. The summed E-state index contributed by atoms with van der Waals surface area (Å²) < 4.78 is 5.63. The van der Waals surface area contributed by atoms with Crippen molar-refractivity contribution in [2.45, 2.75) is 38.6 Å². The van der Waals surface area contributed by atoms with Crippen LogP contribution >= 0.6 is 0 Å². The number of fused-ring (bicyclic) bond motifs is 1. The molecule has 0 heterocycles. The molecule has 0 radical (unpaired) electrons. The lowest BCUT2D eigenvalue weighted by Crippen LogP contribution is -2.36. The fraction of sp³-hybridized carbons (Fsp3) is 0.500. The van der Waals surface area contributed by atoms with E-state index in [9.17, 15) is 4.79 Å². The Morgan fingerprint density at radius 3 is 2.90 bits per heavy atom. The molecule has 21 heavy (non-hydrogen) atoms. The van der Waals surface area contributed by atoms with Crippen LogP contribution in [0.2, 0.25) is 0 Å². The quantitative estimate of drug-likeness (QED) is 0.667. The zero-order chi connectivity index (χ0) is 14.8. The molecule has 0 spiro atoms. The van der Waals surface area contributed by atoms with Gasteiger partial charge >= 0.3 is 0 Å². The maximum absolute atomic E-state index is 12.1. The molecule has 0 aliphatic heterocycles. The highest BCUT2D eigenvalue weighted by Crippen LogP contribution is 2.28. The molecule has 1 aromatic carbocycles. The number of likely N-dealkylation sites (N-methyl/N-ethyl adjacent to an activating group) is 1. The molecule has 0 saturated heterocycles. The lowest BCUT2D eigenvalue weighted by atomic mass is 10.1.